The molecule has 2 atom stereocenters. The molecule has 2 unspecified atom stereocenters. The first kappa shape index (κ1) is 11.5. The first-order chi connectivity index (χ1) is 9.72. The lowest BCUT2D eigenvalue weighted by atomic mass is 9.83. The summed E-state index contributed by atoms with van der Waals surface area (Å²) in [4.78, 5) is 11.6. The van der Waals surface area contributed by atoms with Crippen molar-refractivity contribution in [1.82, 2.24) is 0 Å². The van der Waals surface area contributed by atoms with Gasteiger partial charge in [0.2, 0.25) is 0 Å². The number of carbonyl (C=O) groups is 1. The number of carboxylic acids is 1. The molecule has 0 fully saturated rings. The summed E-state index contributed by atoms with van der Waals surface area (Å²) in [6.45, 7) is 0. The maximum absolute atomic E-state index is 11.6. The zero-order chi connectivity index (χ0) is 13.9. The van der Waals surface area contributed by atoms with Gasteiger partial charge in [-0.3, -0.25) is 0 Å². The summed E-state index contributed by atoms with van der Waals surface area (Å²) in [5, 5.41) is 9.56. The normalized spacial score (nSPS) is 21.4. The monoisotopic (exact) mass is 266 g/mol. The maximum atomic E-state index is 11.6. The second-order valence-corrected chi connectivity index (χ2v) is 5.42. The number of carboxylic acid groups (broad SMARTS) is 1. The lowest BCUT2D eigenvalue weighted by Crippen LogP contribution is -2.11. The number of rotatable bonds is 2. The highest BCUT2D eigenvalue weighted by Crippen LogP contribution is 2.58. The van der Waals surface area contributed by atoms with Gasteiger partial charge in [0.05, 0.1) is 7.11 Å². The highest BCUT2D eigenvalue weighted by Gasteiger charge is 2.44. The second-order valence-electron chi connectivity index (χ2n) is 5.42. The molecule has 0 radical (unpaired) electrons. The van der Waals surface area contributed by atoms with Gasteiger partial charge in [0.25, 0.3) is 0 Å². The van der Waals surface area contributed by atoms with E-state index < -0.39 is 5.97 Å². The van der Waals surface area contributed by atoms with Gasteiger partial charge in [0.15, 0.2) is 0 Å². The molecule has 0 aliphatic heterocycles. The van der Waals surface area contributed by atoms with E-state index in [1.54, 1.807) is 6.07 Å². The molecule has 20 heavy (non-hydrogen) atoms. The largest absolute Gasteiger partial charge is 0.496 e. The van der Waals surface area contributed by atoms with E-state index in [9.17, 15) is 9.90 Å². The van der Waals surface area contributed by atoms with Crippen LogP contribution in [-0.2, 0) is 0 Å². The predicted octanol–water partition coefficient (Wildman–Crippen LogP) is 3.37. The van der Waals surface area contributed by atoms with E-state index in [1.807, 2.05) is 12.1 Å². The molecule has 1 N–H and O–H groups in total. The Balaban J connectivity index is 2.00. The van der Waals surface area contributed by atoms with Crippen LogP contribution in [0.25, 0.3) is 0 Å². The van der Waals surface area contributed by atoms with Crippen LogP contribution >= 0.6 is 0 Å². The smallest absolute Gasteiger partial charge is 0.339 e. The predicted molar refractivity (Wildman–Crippen MR) is 74.7 cm³/mol. The van der Waals surface area contributed by atoms with E-state index in [-0.39, 0.29) is 5.92 Å². The SMILES string of the molecule is COc1ccc2c(c1C(=O)O)C1CC2c2ccccc21. The average molecular weight is 266 g/mol. The Morgan fingerprint density at radius 1 is 1.10 bits per heavy atom. The van der Waals surface area contributed by atoms with Crippen molar-refractivity contribution in [3.8, 4) is 5.75 Å². The zero-order valence-corrected chi connectivity index (χ0v) is 11.1. The molecule has 2 aromatic carbocycles. The van der Waals surface area contributed by atoms with Crippen LogP contribution in [0.5, 0.6) is 5.75 Å². The molecule has 0 saturated carbocycles. The highest BCUT2D eigenvalue weighted by molar-refractivity contribution is 5.94. The third-order valence-electron chi connectivity index (χ3n) is 4.62. The van der Waals surface area contributed by atoms with Crippen LogP contribution in [0.4, 0.5) is 0 Å². The third kappa shape index (κ3) is 1.27. The minimum absolute atomic E-state index is 0.201. The van der Waals surface area contributed by atoms with Gasteiger partial charge in [-0.2, -0.15) is 0 Å². The summed E-state index contributed by atoms with van der Waals surface area (Å²) < 4.78 is 5.25. The number of fused-ring (bicyclic) bond motifs is 8. The van der Waals surface area contributed by atoms with Crippen LogP contribution < -0.4 is 4.74 Å². The Kier molecular flexibility index (Phi) is 2.22. The van der Waals surface area contributed by atoms with Crippen molar-refractivity contribution in [3.63, 3.8) is 0 Å². The molecular weight excluding hydrogens is 252 g/mol. The first-order valence-electron chi connectivity index (χ1n) is 6.75. The molecule has 2 aromatic rings. The van der Waals surface area contributed by atoms with Crippen LogP contribution in [-0.4, -0.2) is 18.2 Å². The number of benzene rings is 2. The Bertz CT molecular complexity index is 733. The van der Waals surface area contributed by atoms with Gasteiger partial charge in [-0.15, -0.1) is 0 Å². The van der Waals surface area contributed by atoms with E-state index in [0.29, 0.717) is 17.2 Å². The first-order valence-corrected chi connectivity index (χ1v) is 6.75. The highest BCUT2D eigenvalue weighted by atomic mass is 16.5. The molecule has 100 valence electrons. The number of ether oxygens (including phenoxy) is 1. The lowest BCUT2D eigenvalue weighted by molar-refractivity contribution is 0.0692. The number of methoxy groups -OCH3 is 1. The summed E-state index contributed by atoms with van der Waals surface area (Å²) in [5.41, 5.74) is 5.09. The van der Waals surface area contributed by atoms with Crippen molar-refractivity contribution in [2.75, 3.05) is 7.11 Å². The molecule has 0 spiro atoms. The van der Waals surface area contributed by atoms with Gasteiger partial charge in [0.1, 0.15) is 11.3 Å². The zero-order valence-electron chi connectivity index (χ0n) is 11.1. The van der Waals surface area contributed by atoms with Crippen LogP contribution in [0.3, 0.4) is 0 Å². The van der Waals surface area contributed by atoms with Crippen molar-refractivity contribution < 1.29 is 14.6 Å². The number of hydrogen-bond acceptors (Lipinski definition) is 2. The van der Waals surface area contributed by atoms with Crippen molar-refractivity contribution >= 4 is 5.97 Å². The van der Waals surface area contributed by atoms with E-state index in [1.165, 1.54) is 18.2 Å². The second kappa shape index (κ2) is 3.85. The summed E-state index contributed by atoms with van der Waals surface area (Å²) in [5.74, 6) is 0.104. The topological polar surface area (TPSA) is 46.5 Å². The van der Waals surface area contributed by atoms with Crippen molar-refractivity contribution in [2.45, 2.75) is 18.3 Å². The molecule has 3 nitrogen and oxygen atoms in total. The van der Waals surface area contributed by atoms with Crippen LogP contribution in [0.2, 0.25) is 0 Å². The molecule has 0 amide bonds. The van der Waals surface area contributed by atoms with E-state index in [4.69, 9.17) is 4.74 Å². The van der Waals surface area contributed by atoms with E-state index in [2.05, 4.69) is 18.2 Å². The Hall–Kier alpha value is -2.29. The summed E-state index contributed by atoms with van der Waals surface area (Å²) >= 11 is 0. The van der Waals surface area contributed by atoms with Crippen LogP contribution in [0, 0.1) is 0 Å². The van der Waals surface area contributed by atoms with Crippen molar-refractivity contribution in [1.29, 1.82) is 0 Å². The fourth-order valence-electron chi connectivity index (χ4n) is 3.89. The van der Waals surface area contributed by atoms with Gasteiger partial charge in [0, 0.05) is 11.8 Å². The summed E-state index contributed by atoms with van der Waals surface area (Å²) in [7, 11) is 1.52. The minimum atomic E-state index is -0.899. The quantitative estimate of drug-likeness (QED) is 0.906. The average Bonchev–Trinajstić information content (AvgIpc) is 3.03. The fraction of sp³-hybridized carbons (Fsp3) is 0.235. The standard InChI is InChI=1S/C17H14O3/c1-20-14-7-6-11-12-8-13(15(11)16(14)17(18)19)10-5-3-2-4-9(10)12/h2-7,12-13H,8H2,1H3,(H,18,19). The van der Waals surface area contributed by atoms with Crippen molar-refractivity contribution in [2.24, 2.45) is 0 Å². The molecular formula is C17H14O3. The molecule has 4 rings (SSSR count). The Morgan fingerprint density at radius 2 is 1.80 bits per heavy atom. The van der Waals surface area contributed by atoms with Gasteiger partial charge in [-0.1, -0.05) is 30.3 Å². The summed E-state index contributed by atoms with van der Waals surface area (Å²) in [6.07, 6.45) is 0.988. The summed E-state index contributed by atoms with van der Waals surface area (Å²) in [6, 6.07) is 12.2. The lowest BCUT2D eigenvalue weighted by Gasteiger charge is -2.22. The van der Waals surface area contributed by atoms with E-state index >= 15 is 0 Å². The van der Waals surface area contributed by atoms with Crippen LogP contribution in [0.1, 0.15) is 50.9 Å². The molecule has 2 aliphatic rings. The Morgan fingerprint density at radius 3 is 2.45 bits per heavy atom. The minimum Gasteiger partial charge on any atom is -0.496 e. The molecule has 2 bridgehead atoms. The molecule has 3 heteroatoms. The number of aromatic carboxylic acids is 1. The molecule has 0 aromatic heterocycles. The molecule has 0 heterocycles. The van der Waals surface area contributed by atoms with Crippen LogP contribution in [0.15, 0.2) is 36.4 Å². The third-order valence-corrected chi connectivity index (χ3v) is 4.62. The van der Waals surface area contributed by atoms with Gasteiger partial charge < -0.3 is 9.84 Å². The van der Waals surface area contributed by atoms with Gasteiger partial charge in [-0.05, 0) is 34.7 Å². The molecule has 0 saturated heterocycles. The van der Waals surface area contributed by atoms with Crippen molar-refractivity contribution in [3.05, 3.63) is 64.2 Å². The maximum Gasteiger partial charge on any atom is 0.339 e. The van der Waals surface area contributed by atoms with Gasteiger partial charge in [-0.25, -0.2) is 4.79 Å². The van der Waals surface area contributed by atoms with Gasteiger partial charge >= 0.3 is 5.97 Å². The molecule has 2 aliphatic carbocycles. The van der Waals surface area contributed by atoms with E-state index in [0.717, 1.165) is 17.5 Å². The number of hydrogen-bond donors (Lipinski definition) is 1. The fourth-order valence-corrected chi connectivity index (χ4v) is 3.89. The Labute approximate surface area is 116 Å².